The average Bonchev–Trinajstić information content (AvgIpc) is 2.75. The van der Waals surface area contributed by atoms with Crippen LogP contribution in [0.1, 0.15) is 22.8 Å². The SMILES string of the molecule is CC(=O)c1ccc(S(=O)(=O)N(C)CC(=O)N=c2ccccn2Cc2ccccc2)cc1. The molecule has 1 aromatic heterocycles. The number of likely N-dealkylation sites (N-methyl/N-ethyl adjacent to an activating group) is 1. The van der Waals surface area contributed by atoms with Crippen LogP contribution in [0, 0.1) is 0 Å². The number of benzene rings is 2. The highest BCUT2D eigenvalue weighted by atomic mass is 32.2. The molecule has 0 N–H and O–H groups in total. The standard InChI is InChI=1S/C23H23N3O4S/c1-18(27)20-11-13-21(14-12-20)31(29,30)25(2)17-23(28)24-22-10-6-7-15-26(22)16-19-8-4-3-5-9-19/h3-15H,16-17H2,1-2H3. The number of sulfonamides is 1. The fraction of sp³-hybridized carbons (Fsp3) is 0.174. The van der Waals surface area contributed by atoms with Crippen LogP contribution in [-0.4, -0.2) is 42.6 Å². The van der Waals surface area contributed by atoms with Gasteiger partial charge in [0.25, 0.3) is 5.91 Å². The van der Waals surface area contributed by atoms with Gasteiger partial charge < -0.3 is 4.57 Å². The van der Waals surface area contributed by atoms with Crippen LogP contribution in [0.3, 0.4) is 0 Å². The van der Waals surface area contributed by atoms with Gasteiger partial charge in [0.05, 0.1) is 11.4 Å². The molecule has 0 unspecified atom stereocenters. The summed E-state index contributed by atoms with van der Waals surface area (Å²) in [6.45, 7) is 1.53. The van der Waals surface area contributed by atoms with E-state index >= 15 is 0 Å². The lowest BCUT2D eigenvalue weighted by Gasteiger charge is -2.15. The minimum atomic E-state index is -3.89. The fourth-order valence-electron chi connectivity index (χ4n) is 2.96. The van der Waals surface area contributed by atoms with Crippen LogP contribution < -0.4 is 5.49 Å². The van der Waals surface area contributed by atoms with Crippen molar-refractivity contribution in [1.82, 2.24) is 8.87 Å². The first-order valence-corrected chi connectivity index (χ1v) is 11.1. The van der Waals surface area contributed by atoms with Gasteiger partial charge in [-0.1, -0.05) is 48.5 Å². The Hall–Kier alpha value is -3.36. The molecule has 160 valence electrons. The van der Waals surface area contributed by atoms with Crippen molar-refractivity contribution in [2.45, 2.75) is 18.4 Å². The van der Waals surface area contributed by atoms with E-state index in [-0.39, 0.29) is 10.7 Å². The largest absolute Gasteiger partial charge is 0.328 e. The normalized spacial score (nSPS) is 12.2. The lowest BCUT2D eigenvalue weighted by atomic mass is 10.2. The van der Waals surface area contributed by atoms with Crippen molar-refractivity contribution in [2.75, 3.05) is 13.6 Å². The van der Waals surface area contributed by atoms with E-state index in [0.29, 0.717) is 17.6 Å². The quantitative estimate of drug-likeness (QED) is 0.531. The highest BCUT2D eigenvalue weighted by Crippen LogP contribution is 2.15. The molecule has 0 bridgehead atoms. The molecule has 8 heteroatoms. The fourth-order valence-corrected chi connectivity index (χ4v) is 4.08. The monoisotopic (exact) mass is 437 g/mol. The number of carbonyl (C=O) groups is 2. The van der Waals surface area contributed by atoms with Crippen LogP contribution in [0.25, 0.3) is 0 Å². The number of amides is 1. The predicted octanol–water partition coefficient (Wildman–Crippen LogP) is 2.49. The molecule has 1 heterocycles. The van der Waals surface area contributed by atoms with Gasteiger partial charge in [-0.05, 0) is 36.8 Å². The summed E-state index contributed by atoms with van der Waals surface area (Å²) in [4.78, 5) is 28.0. The Morgan fingerprint density at radius 2 is 1.58 bits per heavy atom. The van der Waals surface area contributed by atoms with Gasteiger partial charge in [-0.2, -0.15) is 9.30 Å². The topological polar surface area (TPSA) is 88.8 Å². The van der Waals surface area contributed by atoms with Crippen molar-refractivity contribution in [3.8, 4) is 0 Å². The summed E-state index contributed by atoms with van der Waals surface area (Å²) >= 11 is 0. The number of ketones is 1. The highest BCUT2D eigenvalue weighted by molar-refractivity contribution is 7.89. The molecule has 0 fully saturated rings. The molecule has 0 aliphatic carbocycles. The van der Waals surface area contributed by atoms with Crippen LogP contribution in [0.4, 0.5) is 0 Å². The molecule has 0 aliphatic heterocycles. The molecule has 0 saturated heterocycles. The predicted molar refractivity (Wildman–Crippen MR) is 117 cm³/mol. The van der Waals surface area contributed by atoms with Gasteiger partial charge in [-0.15, -0.1) is 0 Å². The van der Waals surface area contributed by atoms with Crippen LogP contribution >= 0.6 is 0 Å². The minimum Gasteiger partial charge on any atom is -0.328 e. The van der Waals surface area contributed by atoms with Crippen molar-refractivity contribution in [1.29, 1.82) is 0 Å². The Balaban J connectivity index is 1.78. The van der Waals surface area contributed by atoms with Crippen LogP contribution in [-0.2, 0) is 21.4 Å². The van der Waals surface area contributed by atoms with Gasteiger partial charge in [0.15, 0.2) is 5.78 Å². The number of rotatable bonds is 7. The lowest BCUT2D eigenvalue weighted by Crippen LogP contribution is -2.33. The summed E-state index contributed by atoms with van der Waals surface area (Å²) in [7, 11) is -2.57. The van der Waals surface area contributed by atoms with Gasteiger partial charge in [-0.3, -0.25) is 9.59 Å². The molecular formula is C23H23N3O4S. The second-order valence-electron chi connectivity index (χ2n) is 7.02. The summed E-state index contributed by atoms with van der Waals surface area (Å²) in [6, 6.07) is 20.7. The summed E-state index contributed by atoms with van der Waals surface area (Å²) in [6.07, 6.45) is 1.82. The Bertz CT molecular complexity index is 1250. The second kappa shape index (κ2) is 9.63. The maximum Gasteiger partial charge on any atom is 0.262 e. The molecule has 3 aromatic rings. The van der Waals surface area contributed by atoms with Crippen molar-refractivity contribution >= 4 is 21.7 Å². The highest BCUT2D eigenvalue weighted by Gasteiger charge is 2.23. The van der Waals surface area contributed by atoms with Crippen molar-refractivity contribution in [3.63, 3.8) is 0 Å². The van der Waals surface area contributed by atoms with Crippen LogP contribution in [0.15, 0.2) is 88.9 Å². The molecule has 2 aromatic carbocycles. The first kappa shape index (κ1) is 22.3. The lowest BCUT2D eigenvalue weighted by molar-refractivity contribution is -0.118. The van der Waals surface area contributed by atoms with E-state index in [1.807, 2.05) is 47.2 Å². The third-order valence-electron chi connectivity index (χ3n) is 4.68. The smallest absolute Gasteiger partial charge is 0.262 e. The first-order valence-electron chi connectivity index (χ1n) is 9.61. The maximum atomic E-state index is 12.8. The summed E-state index contributed by atoms with van der Waals surface area (Å²) in [5, 5.41) is 0. The molecule has 0 aliphatic rings. The van der Waals surface area contributed by atoms with E-state index in [0.717, 1.165) is 9.87 Å². The van der Waals surface area contributed by atoms with Gasteiger partial charge in [-0.25, -0.2) is 8.42 Å². The Labute approximate surface area is 181 Å². The van der Waals surface area contributed by atoms with Gasteiger partial charge in [0.2, 0.25) is 10.0 Å². The second-order valence-corrected chi connectivity index (χ2v) is 9.06. The summed E-state index contributed by atoms with van der Waals surface area (Å²) in [5.74, 6) is -0.739. The third kappa shape index (κ3) is 5.62. The number of hydrogen-bond donors (Lipinski definition) is 0. The Morgan fingerprint density at radius 3 is 2.23 bits per heavy atom. The average molecular weight is 438 g/mol. The zero-order valence-electron chi connectivity index (χ0n) is 17.3. The Morgan fingerprint density at radius 1 is 0.935 bits per heavy atom. The van der Waals surface area contributed by atoms with Crippen molar-refractivity contribution in [3.05, 3.63) is 95.6 Å². The van der Waals surface area contributed by atoms with E-state index in [9.17, 15) is 18.0 Å². The molecular weight excluding hydrogens is 414 g/mol. The third-order valence-corrected chi connectivity index (χ3v) is 6.50. The van der Waals surface area contributed by atoms with E-state index in [2.05, 4.69) is 4.99 Å². The Kier molecular flexibility index (Phi) is 6.94. The molecule has 1 amide bonds. The van der Waals surface area contributed by atoms with Crippen molar-refractivity contribution in [2.24, 2.45) is 4.99 Å². The number of hydrogen-bond acceptors (Lipinski definition) is 4. The van der Waals surface area contributed by atoms with Crippen LogP contribution in [0.5, 0.6) is 0 Å². The summed E-state index contributed by atoms with van der Waals surface area (Å²) in [5.41, 5.74) is 1.91. The number of Topliss-reactive ketones (excluding diaryl/α,β-unsaturated/α-hetero) is 1. The first-order chi connectivity index (χ1) is 14.8. The molecule has 0 saturated carbocycles. The maximum absolute atomic E-state index is 12.8. The van der Waals surface area contributed by atoms with Gasteiger partial charge in [0, 0.05) is 25.4 Å². The van der Waals surface area contributed by atoms with Crippen LogP contribution in [0.2, 0.25) is 0 Å². The van der Waals surface area contributed by atoms with E-state index < -0.39 is 22.5 Å². The molecule has 0 atom stereocenters. The van der Waals surface area contributed by atoms with Crippen molar-refractivity contribution < 1.29 is 18.0 Å². The number of pyridine rings is 1. The van der Waals surface area contributed by atoms with E-state index in [4.69, 9.17) is 0 Å². The molecule has 7 nitrogen and oxygen atoms in total. The molecule has 0 radical (unpaired) electrons. The number of nitrogens with zero attached hydrogens (tertiary/aromatic N) is 3. The van der Waals surface area contributed by atoms with Gasteiger partial charge >= 0.3 is 0 Å². The molecule has 0 spiro atoms. The van der Waals surface area contributed by atoms with E-state index in [1.165, 1.54) is 38.2 Å². The minimum absolute atomic E-state index is 0.00616. The van der Waals surface area contributed by atoms with E-state index in [1.54, 1.807) is 12.1 Å². The van der Waals surface area contributed by atoms with Gasteiger partial charge in [0.1, 0.15) is 5.49 Å². The molecule has 3 rings (SSSR count). The number of aromatic nitrogens is 1. The zero-order valence-corrected chi connectivity index (χ0v) is 18.1. The zero-order chi connectivity index (χ0) is 22.4. The summed E-state index contributed by atoms with van der Waals surface area (Å²) < 4.78 is 28.3. The number of carbonyl (C=O) groups excluding carboxylic acids is 2. The molecule has 31 heavy (non-hydrogen) atoms.